The minimum atomic E-state index is -0.395. The van der Waals surface area contributed by atoms with Crippen LogP contribution in [0.2, 0.25) is 0 Å². The number of ether oxygens (including phenoxy) is 2. The van der Waals surface area contributed by atoms with Crippen LogP contribution in [-0.2, 0) is 4.79 Å². The normalized spacial score (nSPS) is 15.8. The molecule has 0 saturated carbocycles. The summed E-state index contributed by atoms with van der Waals surface area (Å²) in [5.74, 6) is 1.00. The molecule has 0 aliphatic carbocycles. The lowest BCUT2D eigenvalue weighted by Crippen LogP contribution is -2.33. The van der Waals surface area contributed by atoms with Gasteiger partial charge in [-0.05, 0) is 48.9 Å². The van der Waals surface area contributed by atoms with Crippen LogP contribution in [-0.4, -0.2) is 50.6 Å². The molecule has 7 heteroatoms. The molecule has 6 nitrogen and oxygen atoms in total. The predicted molar refractivity (Wildman–Crippen MR) is 107 cm³/mol. The molecule has 0 bridgehead atoms. The zero-order valence-electron chi connectivity index (χ0n) is 16.6. The lowest BCUT2D eigenvalue weighted by atomic mass is 9.97. The number of rotatable bonds is 7. The second-order valence-electron chi connectivity index (χ2n) is 6.95. The SMILES string of the molecule is COc1ccc(OC)c([C@H]2CCN(C(=O)CCNC(=O)c3ccc(F)cc3)C2)c1. The van der Waals surface area contributed by atoms with Crippen molar-refractivity contribution < 1.29 is 23.5 Å². The van der Waals surface area contributed by atoms with Gasteiger partial charge in [-0.15, -0.1) is 0 Å². The van der Waals surface area contributed by atoms with Crippen molar-refractivity contribution in [2.75, 3.05) is 33.9 Å². The summed E-state index contributed by atoms with van der Waals surface area (Å²) < 4.78 is 23.7. The van der Waals surface area contributed by atoms with Gasteiger partial charge < -0.3 is 19.7 Å². The fourth-order valence-corrected chi connectivity index (χ4v) is 3.54. The van der Waals surface area contributed by atoms with E-state index in [0.717, 1.165) is 23.5 Å². The molecule has 1 aliphatic heterocycles. The van der Waals surface area contributed by atoms with E-state index < -0.39 is 5.82 Å². The van der Waals surface area contributed by atoms with E-state index in [4.69, 9.17) is 9.47 Å². The number of hydrogen-bond donors (Lipinski definition) is 1. The van der Waals surface area contributed by atoms with Gasteiger partial charge in [-0.25, -0.2) is 4.39 Å². The first-order chi connectivity index (χ1) is 14.0. The Morgan fingerprint density at radius 1 is 1.14 bits per heavy atom. The minimum Gasteiger partial charge on any atom is -0.497 e. The van der Waals surface area contributed by atoms with E-state index in [9.17, 15) is 14.0 Å². The Labute approximate surface area is 169 Å². The molecule has 1 heterocycles. The number of halogens is 1. The molecule has 1 atom stereocenters. The maximum atomic E-state index is 12.9. The summed E-state index contributed by atoms with van der Waals surface area (Å²) in [6.45, 7) is 1.50. The molecule has 2 aromatic carbocycles. The average Bonchev–Trinajstić information content (AvgIpc) is 3.23. The summed E-state index contributed by atoms with van der Waals surface area (Å²) in [5, 5.41) is 2.70. The van der Waals surface area contributed by atoms with Crippen LogP contribution in [0.25, 0.3) is 0 Å². The van der Waals surface area contributed by atoms with Gasteiger partial charge in [0.05, 0.1) is 14.2 Å². The van der Waals surface area contributed by atoms with Gasteiger partial charge in [0.2, 0.25) is 5.91 Å². The largest absolute Gasteiger partial charge is 0.497 e. The van der Waals surface area contributed by atoms with Gasteiger partial charge in [0.25, 0.3) is 5.91 Å². The number of carbonyl (C=O) groups is 2. The Bertz CT molecular complexity index is 870. The lowest BCUT2D eigenvalue weighted by molar-refractivity contribution is -0.130. The molecular formula is C22H25FN2O4. The third-order valence-electron chi connectivity index (χ3n) is 5.15. The van der Waals surface area contributed by atoms with Crippen LogP contribution in [0.5, 0.6) is 11.5 Å². The summed E-state index contributed by atoms with van der Waals surface area (Å²) in [4.78, 5) is 26.4. The highest BCUT2D eigenvalue weighted by atomic mass is 19.1. The summed E-state index contributed by atoms with van der Waals surface area (Å²) >= 11 is 0. The molecule has 3 rings (SSSR count). The molecule has 1 aliphatic rings. The van der Waals surface area contributed by atoms with E-state index in [1.807, 2.05) is 23.1 Å². The second-order valence-corrected chi connectivity index (χ2v) is 6.95. The van der Waals surface area contributed by atoms with Crippen molar-refractivity contribution >= 4 is 11.8 Å². The van der Waals surface area contributed by atoms with Crippen molar-refractivity contribution in [2.24, 2.45) is 0 Å². The van der Waals surface area contributed by atoms with Gasteiger partial charge in [0.15, 0.2) is 0 Å². The molecule has 0 unspecified atom stereocenters. The van der Waals surface area contributed by atoms with Crippen LogP contribution in [0.3, 0.4) is 0 Å². The van der Waals surface area contributed by atoms with Crippen molar-refractivity contribution in [1.82, 2.24) is 10.2 Å². The van der Waals surface area contributed by atoms with E-state index in [1.165, 1.54) is 24.3 Å². The molecule has 29 heavy (non-hydrogen) atoms. The Balaban J connectivity index is 1.52. The number of amides is 2. The molecular weight excluding hydrogens is 375 g/mol. The minimum absolute atomic E-state index is 0.00577. The maximum Gasteiger partial charge on any atom is 0.251 e. The van der Waals surface area contributed by atoms with Crippen molar-refractivity contribution in [3.63, 3.8) is 0 Å². The summed E-state index contributed by atoms with van der Waals surface area (Å²) in [7, 11) is 3.25. The lowest BCUT2D eigenvalue weighted by Gasteiger charge is -2.18. The monoisotopic (exact) mass is 400 g/mol. The highest BCUT2D eigenvalue weighted by Crippen LogP contribution is 2.36. The van der Waals surface area contributed by atoms with Crippen molar-refractivity contribution in [2.45, 2.75) is 18.8 Å². The standard InChI is InChI=1S/C22H25FN2O4/c1-28-18-7-8-20(29-2)19(13-18)16-10-12-25(14-16)21(26)9-11-24-22(27)15-3-5-17(23)6-4-15/h3-8,13,16H,9-12,14H2,1-2H3,(H,24,27)/t16-/m0/s1. The highest BCUT2D eigenvalue weighted by molar-refractivity contribution is 5.94. The van der Waals surface area contributed by atoms with Gasteiger partial charge in [0.1, 0.15) is 17.3 Å². The van der Waals surface area contributed by atoms with Crippen molar-refractivity contribution in [1.29, 1.82) is 0 Å². The molecule has 1 N–H and O–H groups in total. The van der Waals surface area contributed by atoms with Gasteiger partial charge >= 0.3 is 0 Å². The first-order valence-corrected chi connectivity index (χ1v) is 9.55. The van der Waals surface area contributed by atoms with Gasteiger partial charge in [-0.2, -0.15) is 0 Å². The number of hydrogen-bond acceptors (Lipinski definition) is 4. The number of likely N-dealkylation sites (tertiary alicyclic amines) is 1. The van der Waals surface area contributed by atoms with Gasteiger partial charge in [-0.1, -0.05) is 0 Å². The topological polar surface area (TPSA) is 67.9 Å². The molecule has 154 valence electrons. The molecule has 0 radical (unpaired) electrons. The van der Waals surface area contributed by atoms with E-state index >= 15 is 0 Å². The predicted octanol–water partition coefficient (Wildman–Crippen LogP) is 2.98. The Hall–Kier alpha value is -3.09. The van der Waals surface area contributed by atoms with E-state index in [2.05, 4.69) is 5.32 Å². The first kappa shape index (κ1) is 20.6. The molecule has 2 aromatic rings. The Kier molecular flexibility index (Phi) is 6.69. The highest BCUT2D eigenvalue weighted by Gasteiger charge is 2.29. The van der Waals surface area contributed by atoms with Gasteiger partial charge in [0, 0.05) is 43.1 Å². The smallest absolute Gasteiger partial charge is 0.251 e. The number of nitrogens with zero attached hydrogens (tertiary/aromatic N) is 1. The number of benzene rings is 2. The Morgan fingerprint density at radius 3 is 2.59 bits per heavy atom. The molecule has 2 amide bonds. The fourth-order valence-electron chi connectivity index (χ4n) is 3.54. The molecule has 0 spiro atoms. The van der Waals surface area contributed by atoms with Crippen LogP contribution >= 0.6 is 0 Å². The van der Waals surface area contributed by atoms with Gasteiger partial charge in [-0.3, -0.25) is 9.59 Å². The van der Waals surface area contributed by atoms with Crippen LogP contribution in [0.15, 0.2) is 42.5 Å². The maximum absolute atomic E-state index is 12.9. The Morgan fingerprint density at radius 2 is 1.90 bits per heavy atom. The van der Waals surface area contributed by atoms with E-state index in [-0.39, 0.29) is 30.7 Å². The van der Waals surface area contributed by atoms with Crippen LogP contribution < -0.4 is 14.8 Å². The quantitative estimate of drug-likeness (QED) is 0.776. The number of carbonyl (C=O) groups excluding carboxylic acids is 2. The first-order valence-electron chi connectivity index (χ1n) is 9.55. The second kappa shape index (κ2) is 9.41. The summed E-state index contributed by atoms with van der Waals surface area (Å²) in [6.07, 6.45) is 1.06. The third-order valence-corrected chi connectivity index (χ3v) is 5.15. The fraction of sp³-hybridized carbons (Fsp3) is 0.364. The van der Waals surface area contributed by atoms with Crippen LogP contribution in [0.1, 0.15) is 34.7 Å². The number of nitrogens with one attached hydrogen (secondary N) is 1. The zero-order valence-corrected chi connectivity index (χ0v) is 16.6. The van der Waals surface area contributed by atoms with E-state index in [1.54, 1.807) is 14.2 Å². The molecule has 0 aromatic heterocycles. The van der Waals surface area contributed by atoms with E-state index in [0.29, 0.717) is 18.7 Å². The number of methoxy groups -OCH3 is 2. The average molecular weight is 400 g/mol. The molecule has 1 fully saturated rings. The van der Waals surface area contributed by atoms with Crippen molar-refractivity contribution in [3.8, 4) is 11.5 Å². The summed E-state index contributed by atoms with van der Waals surface area (Å²) in [5.41, 5.74) is 1.40. The third kappa shape index (κ3) is 5.04. The van der Waals surface area contributed by atoms with Crippen LogP contribution in [0, 0.1) is 5.82 Å². The zero-order chi connectivity index (χ0) is 20.8. The van der Waals surface area contributed by atoms with Crippen LogP contribution in [0.4, 0.5) is 4.39 Å². The molecule has 1 saturated heterocycles. The van der Waals surface area contributed by atoms with Crippen molar-refractivity contribution in [3.05, 3.63) is 59.4 Å². The summed E-state index contributed by atoms with van der Waals surface area (Å²) in [6, 6.07) is 11.0.